The smallest absolute Gasteiger partial charge is 0.235 e. The number of benzene rings is 2. The molecule has 1 aromatic heterocycles. The molecule has 3 rings (SSSR count). The Morgan fingerprint density at radius 1 is 1.07 bits per heavy atom. The van der Waals surface area contributed by atoms with Gasteiger partial charge in [0, 0.05) is 6.54 Å². The van der Waals surface area contributed by atoms with Crippen molar-refractivity contribution in [3.8, 4) is 17.2 Å². The highest BCUT2D eigenvalue weighted by molar-refractivity contribution is 5.83. The molecule has 0 bridgehead atoms. The standard InChI is InChI=1S/C22H25NO4/c1-5-23(6-2)12-18-19(24)8-7-17-21(25)20(13-26-22(17)18)27-16-10-14(3)9-15(4)11-16/h7-11,13,24H,5-6,12H2,1-4H3. The maximum atomic E-state index is 12.9. The molecule has 0 unspecified atom stereocenters. The summed E-state index contributed by atoms with van der Waals surface area (Å²) in [4.78, 5) is 15.1. The summed E-state index contributed by atoms with van der Waals surface area (Å²) in [5, 5.41) is 10.7. The van der Waals surface area contributed by atoms with Crippen LogP contribution in [0, 0.1) is 13.8 Å². The summed E-state index contributed by atoms with van der Waals surface area (Å²) in [5.74, 6) is 0.855. The van der Waals surface area contributed by atoms with Crippen LogP contribution in [0.25, 0.3) is 11.0 Å². The summed E-state index contributed by atoms with van der Waals surface area (Å²) in [6, 6.07) is 8.91. The van der Waals surface area contributed by atoms with Gasteiger partial charge in [0.05, 0.1) is 10.9 Å². The van der Waals surface area contributed by atoms with Crippen molar-refractivity contribution in [3.63, 3.8) is 0 Å². The van der Waals surface area contributed by atoms with Gasteiger partial charge in [0.2, 0.25) is 11.2 Å². The van der Waals surface area contributed by atoms with Crippen molar-refractivity contribution < 1.29 is 14.3 Å². The molecule has 27 heavy (non-hydrogen) atoms. The average Bonchev–Trinajstić information content (AvgIpc) is 2.62. The van der Waals surface area contributed by atoms with Crippen molar-refractivity contribution in [2.75, 3.05) is 13.1 Å². The summed E-state index contributed by atoms with van der Waals surface area (Å²) in [5.41, 5.74) is 2.88. The van der Waals surface area contributed by atoms with Crippen LogP contribution in [-0.4, -0.2) is 23.1 Å². The molecule has 1 heterocycles. The Kier molecular flexibility index (Phi) is 5.51. The second-order valence-corrected chi connectivity index (χ2v) is 6.76. The lowest BCUT2D eigenvalue weighted by molar-refractivity contribution is 0.290. The highest BCUT2D eigenvalue weighted by Crippen LogP contribution is 2.29. The van der Waals surface area contributed by atoms with Crippen molar-refractivity contribution in [1.29, 1.82) is 0 Å². The Bertz CT molecular complexity index is 998. The molecule has 0 fully saturated rings. The molecule has 0 radical (unpaired) electrons. The first-order valence-electron chi connectivity index (χ1n) is 9.17. The Labute approximate surface area is 158 Å². The van der Waals surface area contributed by atoms with Crippen LogP contribution in [-0.2, 0) is 6.54 Å². The van der Waals surface area contributed by atoms with E-state index in [1.165, 1.54) is 6.26 Å². The van der Waals surface area contributed by atoms with Gasteiger partial charge in [-0.15, -0.1) is 0 Å². The molecular weight excluding hydrogens is 342 g/mol. The van der Waals surface area contributed by atoms with Gasteiger partial charge in [0.15, 0.2) is 0 Å². The highest BCUT2D eigenvalue weighted by atomic mass is 16.5. The molecule has 0 saturated heterocycles. The van der Waals surface area contributed by atoms with Crippen LogP contribution in [0.15, 0.2) is 45.8 Å². The van der Waals surface area contributed by atoms with E-state index in [2.05, 4.69) is 18.7 Å². The zero-order valence-corrected chi connectivity index (χ0v) is 16.2. The van der Waals surface area contributed by atoms with E-state index in [0.717, 1.165) is 24.2 Å². The molecule has 142 valence electrons. The summed E-state index contributed by atoms with van der Waals surface area (Å²) in [6.45, 7) is 10.2. The van der Waals surface area contributed by atoms with E-state index >= 15 is 0 Å². The number of rotatable bonds is 6. The molecule has 0 spiro atoms. The van der Waals surface area contributed by atoms with Crippen LogP contribution in [0.3, 0.4) is 0 Å². The number of nitrogens with zero attached hydrogens (tertiary/aromatic N) is 1. The van der Waals surface area contributed by atoms with Gasteiger partial charge in [-0.2, -0.15) is 0 Å². The fraction of sp³-hybridized carbons (Fsp3) is 0.318. The molecule has 0 atom stereocenters. The van der Waals surface area contributed by atoms with E-state index in [4.69, 9.17) is 9.15 Å². The first-order valence-corrected chi connectivity index (χ1v) is 9.17. The minimum absolute atomic E-state index is 0.125. The van der Waals surface area contributed by atoms with Gasteiger partial charge in [-0.05, 0) is 62.3 Å². The zero-order valence-electron chi connectivity index (χ0n) is 16.2. The van der Waals surface area contributed by atoms with Crippen LogP contribution in [0.1, 0.15) is 30.5 Å². The SMILES string of the molecule is CCN(CC)Cc1c(O)ccc2c(=O)c(Oc3cc(C)cc(C)c3)coc12. The van der Waals surface area contributed by atoms with E-state index in [1.807, 2.05) is 32.0 Å². The molecule has 0 aliphatic carbocycles. The maximum Gasteiger partial charge on any atom is 0.235 e. The number of ether oxygens (including phenoxy) is 1. The van der Waals surface area contributed by atoms with Gasteiger partial charge in [-0.1, -0.05) is 19.9 Å². The van der Waals surface area contributed by atoms with Gasteiger partial charge in [0.1, 0.15) is 23.3 Å². The molecule has 5 nitrogen and oxygen atoms in total. The summed E-state index contributed by atoms with van der Waals surface area (Å²) in [6.07, 6.45) is 1.33. The Balaban J connectivity index is 2.05. The first-order chi connectivity index (χ1) is 12.9. The number of fused-ring (bicyclic) bond motifs is 1. The minimum Gasteiger partial charge on any atom is -0.507 e. The molecule has 0 aliphatic heterocycles. The van der Waals surface area contributed by atoms with Gasteiger partial charge >= 0.3 is 0 Å². The number of hydrogen-bond acceptors (Lipinski definition) is 5. The molecule has 1 N–H and O–H groups in total. The van der Waals surface area contributed by atoms with Crippen molar-refractivity contribution in [1.82, 2.24) is 4.90 Å². The Morgan fingerprint density at radius 3 is 2.37 bits per heavy atom. The van der Waals surface area contributed by atoms with E-state index < -0.39 is 0 Å². The van der Waals surface area contributed by atoms with Crippen molar-refractivity contribution >= 4 is 11.0 Å². The third-order valence-electron chi connectivity index (χ3n) is 4.69. The summed E-state index contributed by atoms with van der Waals surface area (Å²) < 4.78 is 11.5. The number of aryl methyl sites for hydroxylation is 2. The number of hydrogen-bond donors (Lipinski definition) is 1. The van der Waals surface area contributed by atoms with E-state index in [-0.39, 0.29) is 16.9 Å². The lowest BCUT2D eigenvalue weighted by atomic mass is 10.1. The van der Waals surface area contributed by atoms with Gasteiger partial charge in [-0.3, -0.25) is 9.69 Å². The van der Waals surface area contributed by atoms with Crippen LogP contribution in [0.4, 0.5) is 0 Å². The molecule has 0 aliphatic rings. The maximum absolute atomic E-state index is 12.9. The van der Waals surface area contributed by atoms with E-state index in [9.17, 15) is 9.90 Å². The fourth-order valence-corrected chi connectivity index (χ4v) is 3.24. The summed E-state index contributed by atoms with van der Waals surface area (Å²) in [7, 11) is 0. The van der Waals surface area contributed by atoms with Gasteiger partial charge < -0.3 is 14.3 Å². The van der Waals surface area contributed by atoms with Crippen LogP contribution in [0.2, 0.25) is 0 Å². The molecule has 0 saturated carbocycles. The van der Waals surface area contributed by atoms with E-state index in [1.54, 1.807) is 12.1 Å². The topological polar surface area (TPSA) is 62.9 Å². The predicted molar refractivity (Wildman–Crippen MR) is 107 cm³/mol. The van der Waals surface area contributed by atoms with E-state index in [0.29, 0.717) is 28.8 Å². The first kappa shape index (κ1) is 19.0. The monoisotopic (exact) mass is 367 g/mol. The third kappa shape index (κ3) is 3.98. The largest absolute Gasteiger partial charge is 0.507 e. The fourth-order valence-electron chi connectivity index (χ4n) is 3.24. The number of phenolic OH excluding ortho intramolecular Hbond substituents is 1. The lowest BCUT2D eigenvalue weighted by Gasteiger charge is -2.19. The quantitative estimate of drug-likeness (QED) is 0.681. The third-order valence-corrected chi connectivity index (χ3v) is 4.69. The number of phenols is 1. The molecule has 3 aromatic rings. The summed E-state index contributed by atoms with van der Waals surface area (Å²) >= 11 is 0. The highest BCUT2D eigenvalue weighted by Gasteiger charge is 2.17. The Morgan fingerprint density at radius 2 is 1.74 bits per heavy atom. The van der Waals surface area contributed by atoms with Gasteiger partial charge in [0.25, 0.3) is 0 Å². The Hall–Kier alpha value is -2.79. The minimum atomic E-state index is -0.254. The van der Waals surface area contributed by atoms with Gasteiger partial charge in [-0.25, -0.2) is 0 Å². The predicted octanol–water partition coefficient (Wildman–Crippen LogP) is 4.75. The van der Waals surface area contributed by atoms with Crippen LogP contribution >= 0.6 is 0 Å². The normalized spacial score (nSPS) is 11.3. The average molecular weight is 367 g/mol. The molecule has 2 aromatic carbocycles. The van der Waals surface area contributed by atoms with Crippen LogP contribution in [0.5, 0.6) is 17.2 Å². The second-order valence-electron chi connectivity index (χ2n) is 6.76. The molecule has 0 amide bonds. The molecule has 5 heteroatoms. The van der Waals surface area contributed by atoms with Crippen molar-refractivity contribution in [2.24, 2.45) is 0 Å². The van der Waals surface area contributed by atoms with Crippen LogP contribution < -0.4 is 10.2 Å². The van der Waals surface area contributed by atoms with Crippen molar-refractivity contribution in [2.45, 2.75) is 34.2 Å². The zero-order chi connectivity index (χ0) is 19.6. The number of aromatic hydroxyl groups is 1. The molecular formula is C22H25NO4. The lowest BCUT2D eigenvalue weighted by Crippen LogP contribution is -2.22. The van der Waals surface area contributed by atoms with Crippen molar-refractivity contribution in [3.05, 3.63) is 63.5 Å². The second kappa shape index (κ2) is 7.84.